The van der Waals surface area contributed by atoms with Crippen LogP contribution in [0, 0.1) is 6.92 Å². The average molecular weight is 429 g/mol. The van der Waals surface area contributed by atoms with E-state index in [1.165, 1.54) is 4.41 Å². The van der Waals surface area contributed by atoms with Crippen LogP contribution in [0.2, 0.25) is 0 Å². The van der Waals surface area contributed by atoms with Gasteiger partial charge in [0.1, 0.15) is 0 Å². The first-order valence-electron chi connectivity index (χ1n) is 9.98. The lowest BCUT2D eigenvalue weighted by molar-refractivity contribution is 0.371. The van der Waals surface area contributed by atoms with E-state index in [4.69, 9.17) is 0 Å². The van der Waals surface area contributed by atoms with Gasteiger partial charge in [-0.15, -0.1) is 0 Å². The molecule has 0 unspecified atom stereocenters. The Hall–Kier alpha value is -3.58. The molecule has 3 aromatic carbocycles. The zero-order valence-corrected chi connectivity index (χ0v) is 17.7. The maximum absolute atomic E-state index is 13.7. The normalized spacial score (nSPS) is 16.5. The number of aromatic nitrogens is 2. The molecular weight excluding hydrogens is 408 g/mol. The summed E-state index contributed by atoms with van der Waals surface area (Å²) in [5.41, 5.74) is 4.66. The molecule has 0 amide bonds. The smallest absolute Gasteiger partial charge is 0.253 e. The molecule has 0 saturated heterocycles. The van der Waals surface area contributed by atoms with Crippen molar-refractivity contribution in [3.05, 3.63) is 102 Å². The molecule has 0 N–H and O–H groups in total. The maximum atomic E-state index is 13.7. The van der Waals surface area contributed by atoms with Gasteiger partial charge >= 0.3 is 0 Å². The van der Waals surface area contributed by atoms with E-state index >= 15 is 0 Å². The minimum Gasteiger partial charge on any atom is -0.253 e. The Bertz CT molecular complexity index is 1400. The molecule has 0 fully saturated rings. The van der Waals surface area contributed by atoms with Crippen molar-refractivity contribution in [3.8, 4) is 0 Å². The highest BCUT2D eigenvalue weighted by molar-refractivity contribution is 7.89. The first-order chi connectivity index (χ1) is 15.0. The summed E-state index contributed by atoms with van der Waals surface area (Å²) in [4.78, 5) is 8.96. The molecule has 0 aliphatic carbocycles. The van der Waals surface area contributed by atoms with E-state index in [-0.39, 0.29) is 4.90 Å². The Balaban J connectivity index is 1.64. The van der Waals surface area contributed by atoms with Crippen LogP contribution >= 0.6 is 0 Å². The molecule has 5 rings (SSSR count). The Kier molecular flexibility index (Phi) is 4.75. The molecule has 1 aliphatic heterocycles. The van der Waals surface area contributed by atoms with Crippen LogP contribution in [0.1, 0.15) is 29.2 Å². The summed E-state index contributed by atoms with van der Waals surface area (Å²) in [6.45, 7) is 1.80. The fourth-order valence-corrected chi connectivity index (χ4v) is 5.56. The van der Waals surface area contributed by atoms with Crippen molar-refractivity contribution in [1.29, 1.82) is 0 Å². The minimum atomic E-state index is -3.85. The molecule has 0 saturated carbocycles. The van der Waals surface area contributed by atoms with Crippen LogP contribution in [0.4, 0.5) is 0 Å². The SMILES string of the molecule is Cc1ccccc1S(=O)(=O)N1N=C(c2ccccc2)C[C@H]1c1ccc2nccnc2c1. The van der Waals surface area contributed by atoms with Crippen LogP contribution in [0.15, 0.2) is 95.2 Å². The number of benzene rings is 3. The van der Waals surface area contributed by atoms with Crippen LogP contribution in [0.3, 0.4) is 0 Å². The van der Waals surface area contributed by atoms with Crippen molar-refractivity contribution < 1.29 is 8.42 Å². The second-order valence-corrected chi connectivity index (χ2v) is 9.24. The quantitative estimate of drug-likeness (QED) is 0.480. The third-order valence-corrected chi connectivity index (χ3v) is 7.32. The van der Waals surface area contributed by atoms with Crippen molar-refractivity contribution in [2.45, 2.75) is 24.3 Å². The van der Waals surface area contributed by atoms with Gasteiger partial charge in [-0.05, 0) is 41.8 Å². The first-order valence-corrected chi connectivity index (χ1v) is 11.4. The molecule has 154 valence electrons. The molecule has 1 aromatic heterocycles. The standard InChI is InChI=1S/C24H20N4O2S/c1-17-7-5-6-10-24(17)31(29,30)28-23(16-21(27-28)18-8-3-2-4-9-18)19-11-12-20-22(15-19)26-14-13-25-20/h2-15,23H,16H2,1H3/t23-/m0/s1. The number of nitrogens with zero attached hydrogens (tertiary/aromatic N) is 4. The van der Waals surface area contributed by atoms with Gasteiger partial charge in [0.25, 0.3) is 10.0 Å². The maximum Gasteiger partial charge on any atom is 0.279 e. The molecule has 2 heterocycles. The van der Waals surface area contributed by atoms with Gasteiger partial charge < -0.3 is 0 Å². The summed E-state index contributed by atoms with van der Waals surface area (Å²) in [6, 6.07) is 21.9. The van der Waals surface area contributed by atoms with Crippen LogP contribution in [0.25, 0.3) is 11.0 Å². The number of aryl methyl sites for hydroxylation is 1. The van der Waals surface area contributed by atoms with Gasteiger partial charge in [0.2, 0.25) is 0 Å². The molecule has 0 bridgehead atoms. The molecule has 1 atom stereocenters. The zero-order chi connectivity index (χ0) is 21.4. The van der Waals surface area contributed by atoms with Gasteiger partial charge in [-0.1, -0.05) is 54.6 Å². The third-order valence-electron chi connectivity index (χ3n) is 5.48. The second kappa shape index (κ2) is 7.59. The summed E-state index contributed by atoms with van der Waals surface area (Å²) in [5.74, 6) is 0. The lowest BCUT2D eigenvalue weighted by atomic mass is 9.99. The predicted molar refractivity (Wildman–Crippen MR) is 120 cm³/mol. The van der Waals surface area contributed by atoms with Gasteiger partial charge in [0.15, 0.2) is 0 Å². The number of rotatable bonds is 4. The lowest BCUT2D eigenvalue weighted by Gasteiger charge is -2.24. The predicted octanol–water partition coefficient (Wildman–Crippen LogP) is 4.48. The number of hydrogen-bond donors (Lipinski definition) is 0. The highest BCUT2D eigenvalue weighted by Gasteiger charge is 2.38. The molecule has 4 aromatic rings. The van der Waals surface area contributed by atoms with E-state index in [0.29, 0.717) is 12.0 Å². The van der Waals surface area contributed by atoms with Crippen LogP contribution < -0.4 is 0 Å². The van der Waals surface area contributed by atoms with Gasteiger partial charge in [-0.3, -0.25) is 9.97 Å². The van der Waals surface area contributed by atoms with Gasteiger partial charge in [-0.25, -0.2) is 0 Å². The van der Waals surface area contributed by atoms with Crippen LogP contribution in [-0.4, -0.2) is 28.5 Å². The van der Waals surface area contributed by atoms with Gasteiger partial charge in [0.05, 0.1) is 27.7 Å². The number of hydrogen-bond acceptors (Lipinski definition) is 5. The average Bonchev–Trinajstić information content (AvgIpc) is 3.26. The van der Waals surface area contributed by atoms with Gasteiger partial charge in [0, 0.05) is 18.8 Å². The summed E-state index contributed by atoms with van der Waals surface area (Å²) in [6.07, 6.45) is 3.75. The van der Waals surface area contributed by atoms with E-state index in [1.807, 2.05) is 54.6 Å². The number of hydrazone groups is 1. The summed E-state index contributed by atoms with van der Waals surface area (Å²) >= 11 is 0. The monoisotopic (exact) mass is 428 g/mol. The highest BCUT2D eigenvalue weighted by atomic mass is 32.2. The topological polar surface area (TPSA) is 75.5 Å². The van der Waals surface area contributed by atoms with Crippen LogP contribution in [0.5, 0.6) is 0 Å². The largest absolute Gasteiger partial charge is 0.279 e. The minimum absolute atomic E-state index is 0.263. The summed E-state index contributed by atoms with van der Waals surface area (Å²) in [5, 5.41) is 4.61. The van der Waals surface area contributed by atoms with E-state index in [9.17, 15) is 8.42 Å². The second-order valence-electron chi connectivity index (χ2n) is 7.48. The summed E-state index contributed by atoms with van der Waals surface area (Å²) < 4.78 is 28.6. The molecular formula is C24H20N4O2S. The number of fused-ring (bicyclic) bond motifs is 1. The molecule has 1 aliphatic rings. The van der Waals surface area contributed by atoms with E-state index < -0.39 is 16.1 Å². The van der Waals surface area contributed by atoms with Crippen molar-refractivity contribution in [2.75, 3.05) is 0 Å². The van der Waals surface area contributed by atoms with E-state index in [0.717, 1.165) is 27.9 Å². The van der Waals surface area contributed by atoms with E-state index in [1.54, 1.807) is 37.5 Å². The Labute approximate surface area is 181 Å². The summed E-state index contributed by atoms with van der Waals surface area (Å²) in [7, 11) is -3.85. The molecule has 6 nitrogen and oxygen atoms in total. The first kappa shape index (κ1) is 19.4. The lowest BCUT2D eigenvalue weighted by Crippen LogP contribution is -2.28. The van der Waals surface area contributed by atoms with Crippen molar-refractivity contribution in [1.82, 2.24) is 14.4 Å². The highest BCUT2D eigenvalue weighted by Crippen LogP contribution is 2.38. The molecule has 7 heteroatoms. The Morgan fingerprint density at radius 1 is 0.871 bits per heavy atom. The molecule has 0 spiro atoms. The Morgan fingerprint density at radius 2 is 1.58 bits per heavy atom. The van der Waals surface area contributed by atoms with Crippen molar-refractivity contribution in [2.24, 2.45) is 5.10 Å². The Morgan fingerprint density at radius 3 is 2.35 bits per heavy atom. The van der Waals surface area contributed by atoms with Gasteiger partial charge in [-0.2, -0.15) is 17.9 Å². The van der Waals surface area contributed by atoms with Crippen LogP contribution in [-0.2, 0) is 10.0 Å². The fraction of sp³-hybridized carbons (Fsp3) is 0.125. The fourth-order valence-electron chi connectivity index (χ4n) is 3.90. The van der Waals surface area contributed by atoms with Crippen molar-refractivity contribution in [3.63, 3.8) is 0 Å². The number of sulfonamides is 1. The third kappa shape index (κ3) is 3.47. The zero-order valence-electron chi connectivity index (χ0n) is 16.9. The van der Waals surface area contributed by atoms with E-state index in [2.05, 4.69) is 15.1 Å². The molecule has 31 heavy (non-hydrogen) atoms. The molecule has 0 radical (unpaired) electrons. The van der Waals surface area contributed by atoms with Crippen molar-refractivity contribution >= 4 is 26.8 Å².